The van der Waals surface area contributed by atoms with E-state index in [4.69, 9.17) is 5.11 Å². The molecular weight excluding hydrogens is 143 g/mol. The van der Waals surface area contributed by atoms with Gasteiger partial charge in [0.15, 0.2) is 0 Å². The summed E-state index contributed by atoms with van der Waals surface area (Å²) in [6.45, 7) is 3.39. The molecule has 0 aliphatic heterocycles. The molecule has 54 valence electrons. The van der Waals surface area contributed by atoms with Gasteiger partial charge >= 0.3 is 35.5 Å². The Hall–Kier alpha value is 0.140. The molecule has 0 fully saturated rings. The Kier molecular flexibility index (Phi) is 7.53. The van der Waals surface area contributed by atoms with Crippen LogP contribution >= 0.6 is 0 Å². The molecule has 0 amide bonds. The van der Waals surface area contributed by atoms with Crippen LogP contribution in [0.4, 0.5) is 0 Å². The van der Waals surface area contributed by atoms with Crippen LogP contribution in [-0.2, 0) is 9.59 Å². The number of hydrogen-bond acceptors (Lipinski definition) is 2. The molecule has 0 radical (unpaired) electrons. The third-order valence-corrected chi connectivity index (χ3v) is 1.27. The molecule has 1 atom stereocenters. The summed E-state index contributed by atoms with van der Waals surface area (Å²) in [5.74, 6) is -2.37. The van der Waals surface area contributed by atoms with E-state index in [1.54, 1.807) is 13.8 Å². The van der Waals surface area contributed by atoms with E-state index in [-0.39, 0.29) is 36.9 Å². The van der Waals surface area contributed by atoms with Gasteiger partial charge in [0, 0.05) is 5.92 Å². The van der Waals surface area contributed by atoms with Gasteiger partial charge in [0.25, 0.3) is 0 Å². The van der Waals surface area contributed by atoms with Crippen molar-refractivity contribution in [2.24, 2.45) is 5.92 Å². The summed E-state index contributed by atoms with van der Waals surface area (Å²) in [4.78, 5) is 20.4. The van der Waals surface area contributed by atoms with Crippen LogP contribution in [0.15, 0.2) is 0 Å². The molecule has 10 heavy (non-hydrogen) atoms. The fraction of sp³-hybridized carbons (Fsp3) is 0.667. The van der Waals surface area contributed by atoms with Gasteiger partial charge in [-0.3, -0.25) is 4.79 Å². The van der Waals surface area contributed by atoms with Crippen molar-refractivity contribution in [2.45, 2.75) is 20.3 Å². The summed E-state index contributed by atoms with van der Waals surface area (Å²) >= 11 is 0. The predicted octanol–water partition coefficient (Wildman–Crippen LogP) is -2.20. The Bertz CT molecular complexity index is 138. The van der Waals surface area contributed by atoms with E-state index in [1.807, 2.05) is 0 Å². The zero-order valence-corrected chi connectivity index (χ0v) is 8.55. The van der Waals surface area contributed by atoms with Crippen LogP contribution in [-0.4, -0.2) is 16.9 Å². The number of carbonyl (C=O) groups is 2. The van der Waals surface area contributed by atoms with Crippen molar-refractivity contribution >= 4 is 11.8 Å². The van der Waals surface area contributed by atoms with Crippen LogP contribution in [0.1, 0.15) is 21.7 Å². The Morgan fingerprint density at radius 1 is 1.60 bits per heavy atom. The smallest absolute Gasteiger partial charge is 1.00 e. The van der Waals surface area contributed by atoms with Crippen molar-refractivity contribution in [3.63, 3.8) is 0 Å². The van der Waals surface area contributed by atoms with Crippen LogP contribution in [0.2, 0.25) is 0 Å². The van der Waals surface area contributed by atoms with Gasteiger partial charge in [-0.1, -0.05) is 13.8 Å². The van der Waals surface area contributed by atoms with Gasteiger partial charge in [0.05, 0.1) is 0 Å². The third-order valence-electron chi connectivity index (χ3n) is 1.27. The molecule has 0 saturated carbocycles. The molecule has 1 unspecified atom stereocenters. The minimum atomic E-state index is -1.33. The van der Waals surface area contributed by atoms with Gasteiger partial charge in [-0.25, -0.2) is 4.79 Å². The van der Waals surface area contributed by atoms with Crippen LogP contribution < -0.4 is 29.6 Å². The Morgan fingerprint density at radius 2 is 2.00 bits per heavy atom. The average molecular weight is 154 g/mol. The molecule has 0 aliphatic carbocycles. The standard InChI is InChI=1S/C6H10O3.Na.H/c1-3-4(2)5(7)6(8)9;;/h4H,3H2,1-2H3,(H,8,9);;/q;+1;-1. The number of Topliss-reactive ketones (excluding diaryl/α,β-unsaturated/α-hetero) is 1. The van der Waals surface area contributed by atoms with Crippen LogP contribution in [0.3, 0.4) is 0 Å². The summed E-state index contributed by atoms with van der Waals surface area (Å²) in [5.41, 5.74) is 0. The van der Waals surface area contributed by atoms with Crippen LogP contribution in [0.25, 0.3) is 0 Å². The van der Waals surface area contributed by atoms with Gasteiger partial charge in [0.1, 0.15) is 0 Å². The summed E-state index contributed by atoms with van der Waals surface area (Å²) in [6.07, 6.45) is 0.588. The average Bonchev–Trinajstić information content (AvgIpc) is 1.84. The molecule has 3 nitrogen and oxygen atoms in total. The van der Waals surface area contributed by atoms with Crippen molar-refractivity contribution in [1.82, 2.24) is 0 Å². The molecule has 0 bridgehead atoms. The molecule has 0 aromatic heterocycles. The second kappa shape index (κ2) is 5.89. The first-order valence-corrected chi connectivity index (χ1v) is 2.86. The maximum Gasteiger partial charge on any atom is 1.00 e. The van der Waals surface area contributed by atoms with Gasteiger partial charge in [-0.2, -0.15) is 0 Å². The Balaban J connectivity index is -0.000000320. The van der Waals surface area contributed by atoms with E-state index in [1.165, 1.54) is 0 Å². The zero-order valence-electron chi connectivity index (χ0n) is 7.55. The quantitative estimate of drug-likeness (QED) is 0.371. The SMILES string of the molecule is CCC(C)C(=O)C(=O)O.[H-].[Na+]. The summed E-state index contributed by atoms with van der Waals surface area (Å²) in [7, 11) is 0. The normalized spacial score (nSPS) is 11.4. The van der Waals surface area contributed by atoms with Crippen LogP contribution in [0, 0.1) is 5.92 Å². The molecule has 0 aliphatic rings. The number of ketones is 1. The third kappa shape index (κ3) is 4.04. The van der Waals surface area contributed by atoms with Gasteiger partial charge in [-0.15, -0.1) is 0 Å². The maximum atomic E-state index is 10.5. The Labute approximate surface area is 83.6 Å². The van der Waals surface area contributed by atoms with E-state index in [2.05, 4.69) is 0 Å². The van der Waals surface area contributed by atoms with Gasteiger partial charge in [0.2, 0.25) is 5.78 Å². The molecular formula is C6H11NaO3. The molecule has 0 aromatic rings. The van der Waals surface area contributed by atoms with Crippen molar-refractivity contribution in [1.29, 1.82) is 0 Å². The largest absolute Gasteiger partial charge is 1.00 e. The number of carbonyl (C=O) groups excluding carboxylic acids is 1. The first-order chi connectivity index (χ1) is 4.09. The molecule has 0 aromatic carbocycles. The Morgan fingerprint density at radius 3 is 2.10 bits per heavy atom. The second-order valence-electron chi connectivity index (χ2n) is 1.98. The molecule has 0 saturated heterocycles. The van der Waals surface area contributed by atoms with Crippen molar-refractivity contribution < 1.29 is 45.7 Å². The number of aliphatic carboxylic acids is 1. The van der Waals surface area contributed by atoms with Gasteiger partial charge < -0.3 is 6.53 Å². The van der Waals surface area contributed by atoms with Crippen molar-refractivity contribution in [2.75, 3.05) is 0 Å². The van der Waals surface area contributed by atoms with E-state index >= 15 is 0 Å². The number of carboxylic acid groups (broad SMARTS) is 1. The second-order valence-corrected chi connectivity index (χ2v) is 1.98. The fourth-order valence-electron chi connectivity index (χ4n) is 0.396. The number of carboxylic acids is 1. The molecule has 0 rings (SSSR count). The topological polar surface area (TPSA) is 54.4 Å². The van der Waals surface area contributed by atoms with Gasteiger partial charge in [-0.05, 0) is 6.42 Å². The maximum absolute atomic E-state index is 10.5. The number of hydrogen-bond donors (Lipinski definition) is 1. The van der Waals surface area contributed by atoms with E-state index in [0.29, 0.717) is 6.42 Å². The van der Waals surface area contributed by atoms with Crippen molar-refractivity contribution in [3.8, 4) is 0 Å². The summed E-state index contributed by atoms with van der Waals surface area (Å²) < 4.78 is 0. The van der Waals surface area contributed by atoms with E-state index in [9.17, 15) is 9.59 Å². The molecule has 1 N–H and O–H groups in total. The summed E-state index contributed by atoms with van der Waals surface area (Å²) in [6, 6.07) is 0. The summed E-state index contributed by atoms with van der Waals surface area (Å²) in [5, 5.41) is 8.13. The molecule has 4 heteroatoms. The minimum Gasteiger partial charge on any atom is -1.00 e. The fourth-order valence-corrected chi connectivity index (χ4v) is 0.396. The van der Waals surface area contributed by atoms with Crippen LogP contribution in [0.5, 0.6) is 0 Å². The monoisotopic (exact) mass is 154 g/mol. The minimum absolute atomic E-state index is 0. The molecule has 0 spiro atoms. The predicted molar refractivity (Wildman–Crippen MR) is 33.2 cm³/mol. The van der Waals surface area contributed by atoms with E-state index < -0.39 is 11.8 Å². The number of rotatable bonds is 3. The van der Waals surface area contributed by atoms with Crippen molar-refractivity contribution in [3.05, 3.63) is 0 Å². The zero-order chi connectivity index (χ0) is 7.44. The van der Waals surface area contributed by atoms with E-state index in [0.717, 1.165) is 0 Å². The first kappa shape index (κ1) is 12.8. The first-order valence-electron chi connectivity index (χ1n) is 2.86. The molecule has 0 heterocycles.